The van der Waals surface area contributed by atoms with Gasteiger partial charge in [-0.2, -0.15) is 0 Å². The molecule has 3 nitrogen and oxygen atoms in total. The summed E-state index contributed by atoms with van der Waals surface area (Å²) in [6.45, 7) is 0. The van der Waals surface area contributed by atoms with E-state index in [2.05, 4.69) is 138 Å². The third kappa shape index (κ3) is 4.21. The van der Waals surface area contributed by atoms with Gasteiger partial charge < -0.3 is 13.7 Å². The van der Waals surface area contributed by atoms with E-state index in [-0.39, 0.29) is 0 Å². The molecule has 0 saturated carbocycles. The minimum Gasteiger partial charge on any atom is -0.452 e. The van der Waals surface area contributed by atoms with E-state index in [9.17, 15) is 0 Å². The standard InChI is InChI=1S/C42H27NO2/c1-3-10-28(11-4-1)29-18-22-32(23-19-29)43(31-12-5-2-6-13-31)33-24-20-30(21-25-33)34-15-9-17-39-40(34)37-27-26-36-35-14-7-8-16-38(35)44-41(36)42(37)45-39/h1-27H. The summed E-state index contributed by atoms with van der Waals surface area (Å²) in [4.78, 5) is 2.30. The van der Waals surface area contributed by atoms with E-state index in [1.165, 1.54) is 11.1 Å². The highest BCUT2D eigenvalue weighted by atomic mass is 16.4. The minimum atomic E-state index is 0.789. The van der Waals surface area contributed by atoms with Gasteiger partial charge in [0, 0.05) is 38.6 Å². The van der Waals surface area contributed by atoms with Gasteiger partial charge in [-0.15, -0.1) is 0 Å². The molecule has 0 aliphatic rings. The van der Waals surface area contributed by atoms with Crippen LogP contribution in [0.2, 0.25) is 0 Å². The van der Waals surface area contributed by atoms with Gasteiger partial charge in [-0.05, 0) is 82.9 Å². The highest BCUT2D eigenvalue weighted by Crippen LogP contribution is 2.43. The average molecular weight is 578 g/mol. The number of benzene rings is 7. The fourth-order valence-electron chi connectivity index (χ4n) is 6.55. The van der Waals surface area contributed by atoms with Gasteiger partial charge in [0.15, 0.2) is 11.2 Å². The lowest BCUT2D eigenvalue weighted by Crippen LogP contribution is -2.09. The summed E-state index contributed by atoms with van der Waals surface area (Å²) in [5, 5.41) is 4.32. The van der Waals surface area contributed by atoms with Gasteiger partial charge in [0.2, 0.25) is 0 Å². The summed E-state index contributed by atoms with van der Waals surface area (Å²) in [7, 11) is 0. The molecule has 9 aromatic rings. The molecule has 7 aromatic carbocycles. The van der Waals surface area contributed by atoms with Crippen molar-refractivity contribution in [3.8, 4) is 22.3 Å². The molecule has 45 heavy (non-hydrogen) atoms. The van der Waals surface area contributed by atoms with Crippen LogP contribution in [0.3, 0.4) is 0 Å². The second-order valence-corrected chi connectivity index (χ2v) is 11.3. The molecule has 0 saturated heterocycles. The topological polar surface area (TPSA) is 29.5 Å². The van der Waals surface area contributed by atoms with E-state index < -0.39 is 0 Å². The van der Waals surface area contributed by atoms with E-state index >= 15 is 0 Å². The van der Waals surface area contributed by atoms with Gasteiger partial charge >= 0.3 is 0 Å². The minimum absolute atomic E-state index is 0.789. The second-order valence-electron chi connectivity index (χ2n) is 11.3. The molecule has 0 aliphatic carbocycles. The van der Waals surface area contributed by atoms with E-state index in [1.807, 2.05) is 30.3 Å². The van der Waals surface area contributed by atoms with Crippen molar-refractivity contribution >= 4 is 60.9 Å². The summed E-state index contributed by atoms with van der Waals surface area (Å²) in [6, 6.07) is 57.3. The number of rotatable bonds is 5. The Hall–Kier alpha value is -6.06. The SMILES string of the molecule is c1ccc(-c2ccc(N(c3ccccc3)c3ccc(-c4cccc5oc6c(ccc7c8ccccc8oc76)c45)cc3)cc2)cc1. The van der Waals surface area contributed by atoms with Gasteiger partial charge in [-0.3, -0.25) is 0 Å². The Morgan fingerprint density at radius 3 is 1.62 bits per heavy atom. The Bertz CT molecular complexity index is 2450. The van der Waals surface area contributed by atoms with Gasteiger partial charge in [-0.25, -0.2) is 0 Å². The van der Waals surface area contributed by atoms with Crippen LogP contribution in [0, 0.1) is 0 Å². The number of fused-ring (bicyclic) bond motifs is 7. The maximum absolute atomic E-state index is 6.47. The Morgan fingerprint density at radius 1 is 0.333 bits per heavy atom. The molecule has 3 heteroatoms. The first kappa shape index (κ1) is 25.4. The lowest BCUT2D eigenvalue weighted by Gasteiger charge is -2.26. The van der Waals surface area contributed by atoms with E-state index in [0.29, 0.717) is 0 Å². The van der Waals surface area contributed by atoms with Crippen molar-refractivity contribution in [2.24, 2.45) is 0 Å². The largest absolute Gasteiger partial charge is 0.452 e. The Labute approximate surface area is 260 Å². The average Bonchev–Trinajstić information content (AvgIpc) is 3.69. The molecule has 0 aliphatic heterocycles. The van der Waals surface area contributed by atoms with Crippen LogP contribution in [-0.2, 0) is 0 Å². The fraction of sp³-hybridized carbons (Fsp3) is 0. The van der Waals surface area contributed by atoms with Crippen LogP contribution in [0.4, 0.5) is 17.1 Å². The zero-order valence-corrected chi connectivity index (χ0v) is 24.4. The number of hydrogen-bond donors (Lipinski definition) is 0. The van der Waals surface area contributed by atoms with Crippen LogP contribution >= 0.6 is 0 Å². The summed E-state index contributed by atoms with van der Waals surface area (Å²) >= 11 is 0. The molecule has 0 atom stereocenters. The quantitative estimate of drug-likeness (QED) is 0.204. The summed E-state index contributed by atoms with van der Waals surface area (Å²) in [6.07, 6.45) is 0. The predicted octanol–water partition coefficient (Wildman–Crippen LogP) is 12.3. The van der Waals surface area contributed by atoms with Gasteiger partial charge in [0.25, 0.3) is 0 Å². The molecular weight excluding hydrogens is 550 g/mol. The van der Waals surface area contributed by atoms with Crippen LogP contribution in [0.1, 0.15) is 0 Å². The monoisotopic (exact) mass is 577 g/mol. The molecule has 2 aromatic heterocycles. The Kier molecular flexibility index (Phi) is 5.82. The van der Waals surface area contributed by atoms with Crippen LogP contribution in [-0.4, -0.2) is 0 Å². The zero-order valence-electron chi connectivity index (χ0n) is 24.4. The fourth-order valence-corrected chi connectivity index (χ4v) is 6.55. The third-order valence-electron chi connectivity index (χ3n) is 8.69. The summed E-state index contributed by atoms with van der Waals surface area (Å²) in [5.41, 5.74) is 11.3. The smallest absolute Gasteiger partial charge is 0.178 e. The molecular formula is C42H27NO2. The van der Waals surface area contributed by atoms with E-state index in [4.69, 9.17) is 8.83 Å². The summed E-state index contributed by atoms with van der Waals surface area (Å²) < 4.78 is 12.8. The molecule has 212 valence electrons. The summed E-state index contributed by atoms with van der Waals surface area (Å²) in [5.74, 6) is 0. The third-order valence-corrected chi connectivity index (χ3v) is 8.69. The normalized spacial score (nSPS) is 11.6. The van der Waals surface area contributed by atoms with Crippen LogP contribution in [0.25, 0.3) is 66.1 Å². The number of anilines is 3. The lowest BCUT2D eigenvalue weighted by atomic mass is 9.98. The maximum atomic E-state index is 6.47. The van der Waals surface area contributed by atoms with Crippen molar-refractivity contribution in [1.82, 2.24) is 0 Å². The van der Waals surface area contributed by atoms with Crippen LogP contribution in [0.15, 0.2) is 173 Å². The molecule has 9 rings (SSSR count). The molecule has 2 heterocycles. The molecule has 0 radical (unpaired) electrons. The number of furan rings is 2. The van der Waals surface area contributed by atoms with Gasteiger partial charge in [0.1, 0.15) is 11.2 Å². The Morgan fingerprint density at radius 2 is 0.867 bits per heavy atom. The number of hydrogen-bond acceptors (Lipinski definition) is 3. The highest BCUT2D eigenvalue weighted by Gasteiger charge is 2.19. The van der Waals surface area contributed by atoms with Crippen molar-refractivity contribution < 1.29 is 8.83 Å². The number of nitrogens with zero attached hydrogens (tertiary/aromatic N) is 1. The molecule has 0 amide bonds. The molecule has 0 fully saturated rings. The van der Waals surface area contributed by atoms with Crippen molar-refractivity contribution in [2.45, 2.75) is 0 Å². The Balaban J connectivity index is 1.14. The van der Waals surface area contributed by atoms with Crippen LogP contribution < -0.4 is 4.90 Å². The predicted molar refractivity (Wildman–Crippen MR) is 187 cm³/mol. The highest BCUT2D eigenvalue weighted by molar-refractivity contribution is 6.21. The van der Waals surface area contributed by atoms with E-state index in [1.54, 1.807) is 0 Å². The van der Waals surface area contributed by atoms with Crippen molar-refractivity contribution in [3.63, 3.8) is 0 Å². The second kappa shape index (κ2) is 10.3. The van der Waals surface area contributed by atoms with E-state index in [0.717, 1.165) is 72.1 Å². The zero-order chi connectivity index (χ0) is 29.7. The van der Waals surface area contributed by atoms with Crippen molar-refractivity contribution in [3.05, 3.63) is 164 Å². The first-order valence-corrected chi connectivity index (χ1v) is 15.2. The first-order valence-electron chi connectivity index (χ1n) is 15.2. The number of para-hydroxylation sites is 2. The molecule has 0 unspecified atom stereocenters. The van der Waals surface area contributed by atoms with Gasteiger partial charge in [-0.1, -0.05) is 103 Å². The van der Waals surface area contributed by atoms with Gasteiger partial charge in [0.05, 0.1) is 0 Å². The first-order chi connectivity index (χ1) is 22.3. The van der Waals surface area contributed by atoms with Crippen molar-refractivity contribution in [1.29, 1.82) is 0 Å². The lowest BCUT2D eigenvalue weighted by molar-refractivity contribution is 0.633. The maximum Gasteiger partial charge on any atom is 0.178 e. The van der Waals surface area contributed by atoms with Crippen LogP contribution in [0.5, 0.6) is 0 Å². The molecule has 0 bridgehead atoms. The molecule has 0 spiro atoms. The van der Waals surface area contributed by atoms with Crippen molar-refractivity contribution in [2.75, 3.05) is 4.90 Å². The molecule has 0 N–H and O–H groups in total.